The van der Waals surface area contributed by atoms with Gasteiger partial charge in [0.05, 0.1) is 11.1 Å². The predicted octanol–water partition coefficient (Wildman–Crippen LogP) is 3.27. The maximum atomic E-state index is 13.2. The van der Waals surface area contributed by atoms with Crippen molar-refractivity contribution in [1.82, 2.24) is 9.97 Å². The van der Waals surface area contributed by atoms with Crippen LogP contribution in [-0.4, -0.2) is 18.4 Å². The molecule has 140 valence electrons. The van der Waals surface area contributed by atoms with Crippen molar-refractivity contribution in [3.63, 3.8) is 0 Å². The predicted molar refractivity (Wildman–Crippen MR) is 102 cm³/mol. The van der Waals surface area contributed by atoms with Crippen LogP contribution in [0.1, 0.15) is 5.56 Å². The van der Waals surface area contributed by atoms with E-state index in [1.54, 1.807) is 12.1 Å². The number of rotatable bonds is 6. The standard InChI is InChI=1S/C17H15ClFN5O2S/c18-15-10-22-17(23-13-4-6-14(7-5-13)27(20,25)26)24-16(15)21-9-11-2-1-3-12(19)8-11/h1-8,10H,9H2,(H2,20,25,26)(H2,21,22,23,24). The molecule has 7 nitrogen and oxygen atoms in total. The van der Waals surface area contributed by atoms with Gasteiger partial charge in [0.1, 0.15) is 10.8 Å². The molecule has 0 spiro atoms. The van der Waals surface area contributed by atoms with Crippen molar-refractivity contribution < 1.29 is 12.8 Å². The summed E-state index contributed by atoms with van der Waals surface area (Å²) in [6.07, 6.45) is 1.42. The zero-order chi connectivity index (χ0) is 19.4. The molecular formula is C17H15ClFN5O2S. The normalized spacial score (nSPS) is 11.2. The quantitative estimate of drug-likeness (QED) is 0.578. The number of nitrogens with two attached hydrogens (primary N) is 1. The molecule has 0 aliphatic rings. The number of sulfonamides is 1. The Bertz CT molecular complexity index is 1060. The van der Waals surface area contributed by atoms with E-state index in [9.17, 15) is 12.8 Å². The van der Waals surface area contributed by atoms with E-state index < -0.39 is 10.0 Å². The Morgan fingerprint density at radius 3 is 2.56 bits per heavy atom. The molecule has 0 saturated carbocycles. The number of nitrogens with zero attached hydrogens (tertiary/aromatic N) is 2. The Kier molecular flexibility index (Phi) is 5.54. The van der Waals surface area contributed by atoms with E-state index in [1.807, 2.05) is 0 Å². The van der Waals surface area contributed by atoms with Gasteiger partial charge in [0.2, 0.25) is 16.0 Å². The van der Waals surface area contributed by atoms with Crippen LogP contribution < -0.4 is 15.8 Å². The van der Waals surface area contributed by atoms with E-state index in [0.29, 0.717) is 23.1 Å². The number of anilines is 3. The van der Waals surface area contributed by atoms with Crippen LogP contribution >= 0.6 is 11.6 Å². The second-order valence-corrected chi connectivity index (χ2v) is 7.54. The van der Waals surface area contributed by atoms with Gasteiger partial charge in [-0.3, -0.25) is 0 Å². The molecule has 2 aromatic carbocycles. The molecule has 0 unspecified atom stereocenters. The summed E-state index contributed by atoms with van der Waals surface area (Å²) in [5.74, 6) is 0.303. The molecule has 0 amide bonds. The minimum Gasteiger partial charge on any atom is -0.365 e. The molecule has 3 aromatic rings. The SMILES string of the molecule is NS(=O)(=O)c1ccc(Nc2ncc(Cl)c(NCc3cccc(F)c3)n2)cc1. The highest BCUT2D eigenvalue weighted by atomic mass is 35.5. The maximum Gasteiger partial charge on any atom is 0.238 e. The largest absolute Gasteiger partial charge is 0.365 e. The summed E-state index contributed by atoms with van der Waals surface area (Å²) < 4.78 is 35.8. The van der Waals surface area contributed by atoms with E-state index in [0.717, 1.165) is 5.56 Å². The summed E-state index contributed by atoms with van der Waals surface area (Å²) in [6.45, 7) is 0.330. The smallest absolute Gasteiger partial charge is 0.238 e. The van der Waals surface area contributed by atoms with Crippen molar-refractivity contribution in [3.05, 3.63) is 71.1 Å². The number of benzene rings is 2. The Hall–Kier alpha value is -2.75. The summed E-state index contributed by atoms with van der Waals surface area (Å²) in [5.41, 5.74) is 1.30. The summed E-state index contributed by atoms with van der Waals surface area (Å²) in [6, 6.07) is 12.0. The molecule has 10 heteroatoms. The zero-order valence-electron chi connectivity index (χ0n) is 13.9. The van der Waals surface area contributed by atoms with Crippen LogP contribution in [0.5, 0.6) is 0 Å². The van der Waals surface area contributed by atoms with Crippen molar-refractivity contribution in [2.24, 2.45) is 5.14 Å². The number of halogens is 2. The summed E-state index contributed by atoms with van der Waals surface area (Å²) in [7, 11) is -3.75. The Morgan fingerprint density at radius 1 is 1.15 bits per heavy atom. The van der Waals surface area contributed by atoms with Crippen molar-refractivity contribution in [2.75, 3.05) is 10.6 Å². The average molecular weight is 408 g/mol. The molecule has 4 N–H and O–H groups in total. The lowest BCUT2D eigenvalue weighted by Crippen LogP contribution is -2.11. The van der Waals surface area contributed by atoms with Gasteiger partial charge in [-0.05, 0) is 42.0 Å². The van der Waals surface area contributed by atoms with Gasteiger partial charge in [-0.1, -0.05) is 23.7 Å². The van der Waals surface area contributed by atoms with Crippen LogP contribution in [0.4, 0.5) is 21.8 Å². The first-order valence-electron chi connectivity index (χ1n) is 7.72. The molecule has 0 radical (unpaired) electrons. The molecule has 27 heavy (non-hydrogen) atoms. The van der Waals surface area contributed by atoms with Gasteiger partial charge in [-0.2, -0.15) is 4.98 Å². The molecule has 0 fully saturated rings. The lowest BCUT2D eigenvalue weighted by atomic mass is 10.2. The van der Waals surface area contributed by atoms with E-state index in [4.69, 9.17) is 16.7 Å². The van der Waals surface area contributed by atoms with Gasteiger partial charge in [0.15, 0.2) is 5.82 Å². The van der Waals surface area contributed by atoms with Crippen LogP contribution in [0.3, 0.4) is 0 Å². The van der Waals surface area contributed by atoms with E-state index >= 15 is 0 Å². The highest BCUT2D eigenvalue weighted by Crippen LogP contribution is 2.22. The minimum absolute atomic E-state index is 0.00234. The first-order valence-corrected chi connectivity index (χ1v) is 9.64. The number of primary sulfonamides is 1. The third-order valence-corrected chi connectivity index (χ3v) is 4.74. The van der Waals surface area contributed by atoms with E-state index in [2.05, 4.69) is 20.6 Å². The number of nitrogens with one attached hydrogen (secondary N) is 2. The average Bonchev–Trinajstić information content (AvgIpc) is 2.62. The summed E-state index contributed by atoms with van der Waals surface area (Å²) in [4.78, 5) is 8.35. The second-order valence-electron chi connectivity index (χ2n) is 5.57. The molecule has 0 aliphatic carbocycles. The monoisotopic (exact) mass is 407 g/mol. The highest BCUT2D eigenvalue weighted by Gasteiger charge is 2.09. The third kappa shape index (κ3) is 5.13. The fourth-order valence-electron chi connectivity index (χ4n) is 2.24. The van der Waals surface area contributed by atoms with Crippen molar-refractivity contribution in [1.29, 1.82) is 0 Å². The van der Waals surface area contributed by atoms with Crippen LogP contribution in [0, 0.1) is 5.82 Å². The van der Waals surface area contributed by atoms with Gasteiger partial charge in [0, 0.05) is 12.2 Å². The van der Waals surface area contributed by atoms with Crippen molar-refractivity contribution in [3.8, 4) is 0 Å². The zero-order valence-corrected chi connectivity index (χ0v) is 15.4. The first kappa shape index (κ1) is 19.0. The van der Waals surface area contributed by atoms with E-state index in [-0.39, 0.29) is 16.7 Å². The topological polar surface area (TPSA) is 110 Å². The molecule has 1 aromatic heterocycles. The van der Waals surface area contributed by atoms with Crippen molar-refractivity contribution >= 4 is 39.1 Å². The summed E-state index contributed by atoms with van der Waals surface area (Å²) in [5, 5.41) is 11.3. The van der Waals surface area contributed by atoms with Gasteiger partial charge < -0.3 is 10.6 Å². The first-order chi connectivity index (χ1) is 12.8. The Balaban J connectivity index is 1.73. The number of hydrogen-bond acceptors (Lipinski definition) is 6. The lowest BCUT2D eigenvalue weighted by molar-refractivity contribution is 0.598. The number of hydrogen-bond donors (Lipinski definition) is 3. The van der Waals surface area contributed by atoms with E-state index in [1.165, 1.54) is 42.6 Å². The Morgan fingerprint density at radius 2 is 1.89 bits per heavy atom. The molecule has 0 saturated heterocycles. The van der Waals surface area contributed by atoms with Crippen LogP contribution in [0.15, 0.2) is 59.6 Å². The van der Waals surface area contributed by atoms with Crippen LogP contribution in [0.25, 0.3) is 0 Å². The van der Waals surface area contributed by atoms with Gasteiger partial charge >= 0.3 is 0 Å². The maximum absolute atomic E-state index is 13.2. The molecular weight excluding hydrogens is 393 g/mol. The van der Waals surface area contributed by atoms with Crippen molar-refractivity contribution in [2.45, 2.75) is 11.4 Å². The number of aromatic nitrogens is 2. The van der Waals surface area contributed by atoms with Gasteiger partial charge in [-0.25, -0.2) is 22.9 Å². The fraction of sp³-hybridized carbons (Fsp3) is 0.0588. The molecule has 3 rings (SSSR count). The third-order valence-electron chi connectivity index (χ3n) is 3.53. The molecule has 0 atom stereocenters. The lowest BCUT2D eigenvalue weighted by Gasteiger charge is -2.10. The molecule has 0 aliphatic heterocycles. The van der Waals surface area contributed by atoms with Crippen LogP contribution in [0.2, 0.25) is 5.02 Å². The Labute approximate surface area is 160 Å². The van der Waals surface area contributed by atoms with Crippen LogP contribution in [-0.2, 0) is 16.6 Å². The summed E-state index contributed by atoms with van der Waals surface area (Å²) >= 11 is 6.10. The van der Waals surface area contributed by atoms with Gasteiger partial charge in [0.25, 0.3) is 0 Å². The second kappa shape index (κ2) is 7.87. The van der Waals surface area contributed by atoms with Gasteiger partial charge in [-0.15, -0.1) is 0 Å². The molecule has 0 bridgehead atoms. The fourth-order valence-corrected chi connectivity index (χ4v) is 2.91. The molecule has 1 heterocycles. The highest BCUT2D eigenvalue weighted by molar-refractivity contribution is 7.89. The minimum atomic E-state index is -3.75.